The maximum atomic E-state index is 11.4. The van der Waals surface area contributed by atoms with Crippen molar-refractivity contribution in [2.75, 3.05) is 39.4 Å². The Morgan fingerprint density at radius 3 is 2.59 bits per heavy atom. The summed E-state index contributed by atoms with van der Waals surface area (Å²) in [5, 5.41) is 2.80. The molecule has 0 unspecified atom stereocenters. The molecule has 4 nitrogen and oxygen atoms in total. The van der Waals surface area contributed by atoms with Gasteiger partial charge in [-0.1, -0.05) is 26.7 Å². The summed E-state index contributed by atoms with van der Waals surface area (Å²) >= 11 is 0. The third-order valence-electron chi connectivity index (χ3n) is 2.39. The standard InChI is InChI=1S/C13H22N2O2/c1-13(2,3)11-14-12(16)5-4-6-15-7-9-17-10-8-15/h6-11H2,1-3H3,(H,14,16). The zero-order valence-corrected chi connectivity index (χ0v) is 11.0. The predicted octanol–water partition coefficient (Wildman–Crippen LogP) is 0.484. The third kappa shape index (κ3) is 6.98. The van der Waals surface area contributed by atoms with Gasteiger partial charge in [0.25, 0.3) is 5.91 Å². The minimum Gasteiger partial charge on any atom is -0.379 e. The van der Waals surface area contributed by atoms with Crippen molar-refractivity contribution in [3.8, 4) is 11.8 Å². The molecule has 1 amide bonds. The van der Waals surface area contributed by atoms with Crippen molar-refractivity contribution in [1.29, 1.82) is 0 Å². The predicted molar refractivity (Wildman–Crippen MR) is 67.5 cm³/mol. The van der Waals surface area contributed by atoms with Gasteiger partial charge in [-0.2, -0.15) is 0 Å². The molecule has 0 aromatic heterocycles. The zero-order valence-electron chi connectivity index (χ0n) is 11.0. The molecule has 1 saturated heterocycles. The maximum absolute atomic E-state index is 11.4. The van der Waals surface area contributed by atoms with Crippen LogP contribution in [0.3, 0.4) is 0 Å². The number of nitrogens with zero attached hydrogens (tertiary/aromatic N) is 1. The van der Waals surface area contributed by atoms with Crippen LogP contribution in [0.4, 0.5) is 0 Å². The Morgan fingerprint density at radius 1 is 1.35 bits per heavy atom. The number of hydrogen-bond acceptors (Lipinski definition) is 3. The molecular formula is C13H22N2O2. The second kappa shape index (κ2) is 6.63. The Morgan fingerprint density at radius 2 is 2.00 bits per heavy atom. The van der Waals surface area contributed by atoms with Gasteiger partial charge in [0.1, 0.15) is 0 Å². The van der Waals surface area contributed by atoms with Crippen LogP contribution in [0, 0.1) is 17.3 Å². The summed E-state index contributed by atoms with van der Waals surface area (Å²) in [7, 11) is 0. The summed E-state index contributed by atoms with van der Waals surface area (Å²) in [5.41, 5.74) is 0.0988. The van der Waals surface area contributed by atoms with E-state index in [1.807, 2.05) is 0 Å². The topological polar surface area (TPSA) is 41.6 Å². The Balaban J connectivity index is 2.21. The van der Waals surface area contributed by atoms with Crippen LogP contribution in [0.1, 0.15) is 20.8 Å². The lowest BCUT2D eigenvalue weighted by Crippen LogP contribution is -2.36. The summed E-state index contributed by atoms with van der Waals surface area (Å²) in [5.74, 6) is 5.33. The average Bonchev–Trinajstić information content (AvgIpc) is 2.27. The van der Waals surface area contributed by atoms with E-state index in [0.717, 1.165) is 26.3 Å². The molecule has 4 heteroatoms. The van der Waals surface area contributed by atoms with E-state index in [4.69, 9.17) is 4.74 Å². The van der Waals surface area contributed by atoms with Crippen LogP contribution in [0.15, 0.2) is 0 Å². The molecule has 0 radical (unpaired) electrons. The molecule has 1 aliphatic rings. The number of carbonyl (C=O) groups excluding carboxylic acids is 1. The normalized spacial score (nSPS) is 17.1. The molecular weight excluding hydrogens is 216 g/mol. The quantitative estimate of drug-likeness (QED) is 0.712. The van der Waals surface area contributed by atoms with E-state index in [-0.39, 0.29) is 11.3 Å². The van der Waals surface area contributed by atoms with Gasteiger partial charge in [-0.3, -0.25) is 9.69 Å². The molecule has 1 rings (SSSR count). The summed E-state index contributed by atoms with van der Waals surface area (Å²) in [4.78, 5) is 13.6. The number of rotatable bonds is 2. The smallest absolute Gasteiger partial charge is 0.295 e. The molecule has 96 valence electrons. The average molecular weight is 238 g/mol. The van der Waals surface area contributed by atoms with E-state index < -0.39 is 0 Å². The summed E-state index contributed by atoms with van der Waals surface area (Å²) in [6, 6.07) is 0. The molecule has 0 aromatic carbocycles. The van der Waals surface area contributed by atoms with Crippen LogP contribution >= 0.6 is 0 Å². The second-order valence-electron chi connectivity index (χ2n) is 5.43. The van der Waals surface area contributed by atoms with Crippen molar-refractivity contribution in [1.82, 2.24) is 10.2 Å². The van der Waals surface area contributed by atoms with Crippen LogP contribution in [0.5, 0.6) is 0 Å². The highest BCUT2D eigenvalue weighted by molar-refractivity contribution is 5.93. The van der Waals surface area contributed by atoms with Gasteiger partial charge in [0, 0.05) is 19.6 Å². The fourth-order valence-electron chi connectivity index (χ4n) is 1.38. The summed E-state index contributed by atoms with van der Waals surface area (Å²) in [6.45, 7) is 10.9. The monoisotopic (exact) mass is 238 g/mol. The first-order valence-corrected chi connectivity index (χ1v) is 6.04. The van der Waals surface area contributed by atoms with E-state index >= 15 is 0 Å². The van der Waals surface area contributed by atoms with E-state index in [1.165, 1.54) is 0 Å². The second-order valence-corrected chi connectivity index (χ2v) is 5.43. The molecule has 0 spiro atoms. The van der Waals surface area contributed by atoms with Crippen LogP contribution in [-0.4, -0.2) is 50.2 Å². The Hall–Kier alpha value is -1.05. The first kappa shape index (κ1) is 14.0. The molecule has 0 bridgehead atoms. The van der Waals surface area contributed by atoms with Crippen molar-refractivity contribution in [2.24, 2.45) is 5.41 Å². The number of nitrogens with one attached hydrogen (secondary N) is 1. The molecule has 0 saturated carbocycles. The molecule has 17 heavy (non-hydrogen) atoms. The highest BCUT2D eigenvalue weighted by atomic mass is 16.5. The van der Waals surface area contributed by atoms with Crippen LogP contribution < -0.4 is 5.32 Å². The fourth-order valence-corrected chi connectivity index (χ4v) is 1.38. The molecule has 0 atom stereocenters. The van der Waals surface area contributed by atoms with Gasteiger partial charge in [0.2, 0.25) is 0 Å². The molecule has 1 fully saturated rings. The lowest BCUT2D eigenvalue weighted by atomic mass is 9.97. The van der Waals surface area contributed by atoms with Crippen molar-refractivity contribution in [3.63, 3.8) is 0 Å². The SMILES string of the molecule is CC(C)(C)CNC(=O)C#CCN1CCOCC1. The minimum atomic E-state index is -0.187. The fraction of sp³-hybridized carbons (Fsp3) is 0.769. The molecule has 1 aliphatic heterocycles. The van der Waals surface area contributed by atoms with Gasteiger partial charge in [0.05, 0.1) is 19.8 Å². The number of amides is 1. The van der Waals surface area contributed by atoms with Crippen molar-refractivity contribution in [3.05, 3.63) is 0 Å². The van der Waals surface area contributed by atoms with Gasteiger partial charge in [-0.25, -0.2) is 0 Å². The first-order chi connectivity index (χ1) is 7.97. The van der Waals surface area contributed by atoms with Gasteiger partial charge >= 0.3 is 0 Å². The highest BCUT2D eigenvalue weighted by Crippen LogP contribution is 2.09. The van der Waals surface area contributed by atoms with Gasteiger partial charge in [0.15, 0.2) is 0 Å². The third-order valence-corrected chi connectivity index (χ3v) is 2.39. The van der Waals surface area contributed by atoms with Gasteiger partial charge < -0.3 is 10.1 Å². The first-order valence-electron chi connectivity index (χ1n) is 6.04. The Labute approximate surface area is 104 Å². The molecule has 0 aliphatic carbocycles. The minimum absolute atomic E-state index is 0.0988. The number of ether oxygens (including phenoxy) is 1. The lowest BCUT2D eigenvalue weighted by Gasteiger charge is -2.24. The zero-order chi connectivity index (χ0) is 12.7. The van der Waals surface area contributed by atoms with Gasteiger partial charge in [-0.15, -0.1) is 0 Å². The number of carbonyl (C=O) groups is 1. The van der Waals surface area contributed by atoms with E-state index in [2.05, 4.69) is 42.8 Å². The largest absolute Gasteiger partial charge is 0.379 e. The lowest BCUT2D eigenvalue weighted by molar-refractivity contribution is -0.116. The molecule has 0 aromatic rings. The van der Waals surface area contributed by atoms with Crippen LogP contribution in [0.25, 0.3) is 0 Å². The molecule has 1 heterocycles. The highest BCUT2D eigenvalue weighted by Gasteiger charge is 2.11. The van der Waals surface area contributed by atoms with Crippen molar-refractivity contribution >= 4 is 5.91 Å². The maximum Gasteiger partial charge on any atom is 0.295 e. The van der Waals surface area contributed by atoms with Crippen molar-refractivity contribution < 1.29 is 9.53 Å². The number of morpholine rings is 1. The van der Waals surface area contributed by atoms with E-state index in [0.29, 0.717) is 13.1 Å². The Kier molecular flexibility index (Phi) is 5.46. The molecule has 1 N–H and O–H groups in total. The Bertz CT molecular complexity index is 304. The van der Waals surface area contributed by atoms with E-state index in [9.17, 15) is 4.79 Å². The van der Waals surface area contributed by atoms with Gasteiger partial charge in [-0.05, 0) is 11.3 Å². The number of hydrogen-bond donors (Lipinski definition) is 1. The van der Waals surface area contributed by atoms with Crippen molar-refractivity contribution in [2.45, 2.75) is 20.8 Å². The van der Waals surface area contributed by atoms with Crippen LogP contribution in [0.2, 0.25) is 0 Å². The van der Waals surface area contributed by atoms with E-state index in [1.54, 1.807) is 0 Å². The summed E-state index contributed by atoms with van der Waals surface area (Å²) in [6.07, 6.45) is 0. The summed E-state index contributed by atoms with van der Waals surface area (Å²) < 4.78 is 5.23. The van der Waals surface area contributed by atoms with Crippen LogP contribution in [-0.2, 0) is 9.53 Å².